The first kappa shape index (κ1) is 17.0. The van der Waals surface area contributed by atoms with Crippen LogP contribution in [0.2, 0.25) is 0 Å². The highest BCUT2D eigenvalue weighted by Crippen LogP contribution is 2.38. The SMILES string of the molecule is CCC(CC)CN(CC)CCC1(CN)CCCCC1. The van der Waals surface area contributed by atoms with E-state index in [9.17, 15) is 0 Å². The lowest BCUT2D eigenvalue weighted by molar-refractivity contribution is 0.139. The molecule has 114 valence electrons. The molecule has 1 rings (SSSR count). The zero-order valence-corrected chi connectivity index (χ0v) is 13.6. The largest absolute Gasteiger partial charge is 0.330 e. The normalized spacial score (nSPS) is 19.3. The first-order valence-electron chi connectivity index (χ1n) is 8.62. The first-order chi connectivity index (χ1) is 9.19. The number of hydrogen-bond donors (Lipinski definition) is 1. The maximum absolute atomic E-state index is 6.10. The van der Waals surface area contributed by atoms with Gasteiger partial charge in [-0.3, -0.25) is 0 Å². The summed E-state index contributed by atoms with van der Waals surface area (Å²) in [5.74, 6) is 0.875. The van der Waals surface area contributed by atoms with Crippen LogP contribution in [-0.4, -0.2) is 31.1 Å². The van der Waals surface area contributed by atoms with Crippen molar-refractivity contribution in [3.05, 3.63) is 0 Å². The Kier molecular flexibility index (Phi) is 8.01. The van der Waals surface area contributed by atoms with Gasteiger partial charge in [-0.25, -0.2) is 0 Å². The van der Waals surface area contributed by atoms with Crippen LogP contribution in [0.5, 0.6) is 0 Å². The summed E-state index contributed by atoms with van der Waals surface area (Å²) in [7, 11) is 0. The molecule has 0 amide bonds. The molecule has 0 aromatic heterocycles. The molecule has 0 spiro atoms. The molecule has 0 radical (unpaired) electrons. The molecule has 0 heterocycles. The molecule has 2 N–H and O–H groups in total. The van der Waals surface area contributed by atoms with Crippen LogP contribution < -0.4 is 5.73 Å². The summed E-state index contributed by atoms with van der Waals surface area (Å²) in [5, 5.41) is 0. The predicted molar refractivity (Wildman–Crippen MR) is 85.4 cm³/mol. The van der Waals surface area contributed by atoms with Crippen LogP contribution >= 0.6 is 0 Å². The molecule has 19 heavy (non-hydrogen) atoms. The molecule has 0 aromatic rings. The van der Waals surface area contributed by atoms with Gasteiger partial charge in [-0.1, -0.05) is 52.9 Å². The lowest BCUT2D eigenvalue weighted by atomic mass is 9.72. The zero-order chi connectivity index (χ0) is 14.1. The van der Waals surface area contributed by atoms with Crippen LogP contribution in [0.25, 0.3) is 0 Å². The lowest BCUT2D eigenvalue weighted by Gasteiger charge is -2.38. The van der Waals surface area contributed by atoms with Gasteiger partial charge in [0.25, 0.3) is 0 Å². The summed E-state index contributed by atoms with van der Waals surface area (Å²) in [6.07, 6.45) is 10.9. The monoisotopic (exact) mass is 268 g/mol. The van der Waals surface area contributed by atoms with Gasteiger partial charge in [0.2, 0.25) is 0 Å². The molecule has 2 nitrogen and oxygen atoms in total. The molecular formula is C17H36N2. The Balaban J connectivity index is 2.42. The third-order valence-corrected chi connectivity index (χ3v) is 5.42. The topological polar surface area (TPSA) is 29.3 Å². The smallest absolute Gasteiger partial charge is 0.000934 e. The maximum atomic E-state index is 6.10. The molecular weight excluding hydrogens is 232 g/mol. The van der Waals surface area contributed by atoms with Gasteiger partial charge in [0.15, 0.2) is 0 Å². The van der Waals surface area contributed by atoms with Crippen LogP contribution in [0.3, 0.4) is 0 Å². The van der Waals surface area contributed by atoms with Crippen LogP contribution in [0, 0.1) is 11.3 Å². The number of rotatable bonds is 9. The molecule has 1 saturated carbocycles. The third kappa shape index (κ3) is 5.43. The fourth-order valence-corrected chi connectivity index (χ4v) is 3.54. The van der Waals surface area contributed by atoms with Crippen LogP contribution in [-0.2, 0) is 0 Å². The summed E-state index contributed by atoms with van der Waals surface area (Å²) >= 11 is 0. The summed E-state index contributed by atoms with van der Waals surface area (Å²) in [5.41, 5.74) is 6.57. The molecule has 0 aliphatic heterocycles. The van der Waals surface area contributed by atoms with Crippen molar-refractivity contribution in [3.63, 3.8) is 0 Å². The molecule has 0 saturated heterocycles. The second kappa shape index (κ2) is 8.97. The average molecular weight is 268 g/mol. The highest BCUT2D eigenvalue weighted by atomic mass is 15.1. The van der Waals surface area contributed by atoms with Crippen LogP contribution in [0.15, 0.2) is 0 Å². The molecule has 1 aliphatic rings. The van der Waals surface area contributed by atoms with Gasteiger partial charge in [0, 0.05) is 6.54 Å². The standard InChI is InChI=1S/C17H36N2/c1-4-16(5-2)14-19(6-3)13-12-17(15-18)10-8-7-9-11-17/h16H,4-15,18H2,1-3H3. The van der Waals surface area contributed by atoms with E-state index < -0.39 is 0 Å². The second-order valence-electron chi connectivity index (χ2n) is 6.59. The number of nitrogens with two attached hydrogens (primary N) is 1. The quantitative estimate of drug-likeness (QED) is 0.684. The Morgan fingerprint density at radius 1 is 1.05 bits per heavy atom. The molecule has 0 unspecified atom stereocenters. The third-order valence-electron chi connectivity index (χ3n) is 5.42. The van der Waals surface area contributed by atoms with E-state index in [-0.39, 0.29) is 0 Å². The van der Waals surface area contributed by atoms with Gasteiger partial charge in [0.1, 0.15) is 0 Å². The highest BCUT2D eigenvalue weighted by molar-refractivity contribution is 4.84. The van der Waals surface area contributed by atoms with Crippen LogP contribution in [0.4, 0.5) is 0 Å². The van der Waals surface area contributed by atoms with E-state index in [1.54, 1.807) is 0 Å². The fraction of sp³-hybridized carbons (Fsp3) is 1.00. The molecule has 2 heteroatoms. The minimum absolute atomic E-state index is 0.472. The van der Waals surface area contributed by atoms with Gasteiger partial charge in [-0.2, -0.15) is 0 Å². The molecule has 1 aliphatic carbocycles. The Morgan fingerprint density at radius 2 is 1.68 bits per heavy atom. The van der Waals surface area contributed by atoms with E-state index in [0.717, 1.165) is 12.5 Å². The lowest BCUT2D eigenvalue weighted by Crippen LogP contribution is -2.38. The molecule has 1 fully saturated rings. The Labute approximate surface area is 121 Å². The Morgan fingerprint density at radius 3 is 2.16 bits per heavy atom. The van der Waals surface area contributed by atoms with E-state index in [1.165, 1.54) is 71.0 Å². The van der Waals surface area contributed by atoms with E-state index in [2.05, 4.69) is 25.7 Å². The maximum Gasteiger partial charge on any atom is 0.000934 e. The highest BCUT2D eigenvalue weighted by Gasteiger charge is 2.30. The van der Waals surface area contributed by atoms with E-state index in [1.807, 2.05) is 0 Å². The Hall–Kier alpha value is -0.0800. The van der Waals surface area contributed by atoms with E-state index in [0.29, 0.717) is 5.41 Å². The Bertz CT molecular complexity index is 217. The van der Waals surface area contributed by atoms with Crippen LogP contribution in [0.1, 0.15) is 72.1 Å². The van der Waals surface area contributed by atoms with Crippen molar-refractivity contribution in [3.8, 4) is 0 Å². The minimum atomic E-state index is 0.472. The molecule has 0 atom stereocenters. The van der Waals surface area contributed by atoms with Crippen molar-refractivity contribution in [1.29, 1.82) is 0 Å². The number of nitrogens with zero attached hydrogens (tertiary/aromatic N) is 1. The van der Waals surface area contributed by atoms with Gasteiger partial charge < -0.3 is 10.6 Å². The van der Waals surface area contributed by atoms with Crippen molar-refractivity contribution in [2.45, 2.75) is 72.1 Å². The van der Waals surface area contributed by atoms with Crippen molar-refractivity contribution >= 4 is 0 Å². The summed E-state index contributed by atoms with van der Waals surface area (Å²) in [6.45, 7) is 11.6. The first-order valence-corrected chi connectivity index (χ1v) is 8.62. The van der Waals surface area contributed by atoms with Gasteiger partial charge in [-0.05, 0) is 50.2 Å². The van der Waals surface area contributed by atoms with E-state index >= 15 is 0 Å². The molecule has 0 bridgehead atoms. The second-order valence-corrected chi connectivity index (χ2v) is 6.59. The summed E-state index contributed by atoms with van der Waals surface area (Å²) in [4.78, 5) is 2.66. The minimum Gasteiger partial charge on any atom is -0.330 e. The fourth-order valence-electron chi connectivity index (χ4n) is 3.54. The van der Waals surface area contributed by atoms with Gasteiger partial charge >= 0.3 is 0 Å². The van der Waals surface area contributed by atoms with Crippen molar-refractivity contribution < 1.29 is 0 Å². The van der Waals surface area contributed by atoms with E-state index in [4.69, 9.17) is 5.73 Å². The predicted octanol–water partition coefficient (Wildman–Crippen LogP) is 4.04. The zero-order valence-electron chi connectivity index (χ0n) is 13.6. The van der Waals surface area contributed by atoms with Gasteiger partial charge in [-0.15, -0.1) is 0 Å². The van der Waals surface area contributed by atoms with Gasteiger partial charge in [0.05, 0.1) is 0 Å². The van der Waals surface area contributed by atoms with Crippen molar-refractivity contribution in [2.75, 3.05) is 26.2 Å². The average Bonchev–Trinajstić information content (AvgIpc) is 2.48. The number of hydrogen-bond acceptors (Lipinski definition) is 2. The molecule has 0 aromatic carbocycles. The van der Waals surface area contributed by atoms with Crippen molar-refractivity contribution in [1.82, 2.24) is 4.90 Å². The summed E-state index contributed by atoms with van der Waals surface area (Å²) < 4.78 is 0. The summed E-state index contributed by atoms with van der Waals surface area (Å²) in [6, 6.07) is 0. The van der Waals surface area contributed by atoms with Crippen molar-refractivity contribution in [2.24, 2.45) is 17.1 Å².